The van der Waals surface area contributed by atoms with Gasteiger partial charge in [-0.25, -0.2) is 0 Å². The number of nitrogens with zero attached hydrogens (tertiary/aromatic N) is 2. The molecule has 0 saturated carbocycles. The summed E-state index contributed by atoms with van der Waals surface area (Å²) < 4.78 is 0. The number of hydrogen-bond acceptors (Lipinski definition) is 3. The standard InChI is InChI=1S/C13H15BrN2S/c14-9-11-2-3-13(12(8-11)10-15)16-4-1-6-17-7-5-16/h2-3,8H,1,4-7,9H2. The molecule has 1 fully saturated rings. The average Bonchev–Trinajstić information content (AvgIpc) is 2.66. The second-order valence-corrected chi connectivity index (χ2v) is 5.84. The number of benzene rings is 1. The second-order valence-electron chi connectivity index (χ2n) is 4.05. The molecular weight excluding hydrogens is 296 g/mol. The van der Waals surface area contributed by atoms with Crippen LogP contribution in [-0.2, 0) is 5.33 Å². The minimum atomic E-state index is 0.800. The Morgan fingerprint density at radius 1 is 1.35 bits per heavy atom. The monoisotopic (exact) mass is 310 g/mol. The van der Waals surface area contributed by atoms with Crippen LogP contribution < -0.4 is 4.90 Å². The number of thioether (sulfide) groups is 1. The van der Waals surface area contributed by atoms with Crippen molar-refractivity contribution in [3.63, 3.8) is 0 Å². The molecule has 0 N–H and O–H groups in total. The van der Waals surface area contributed by atoms with Gasteiger partial charge >= 0.3 is 0 Å². The summed E-state index contributed by atoms with van der Waals surface area (Å²) in [4.78, 5) is 2.34. The van der Waals surface area contributed by atoms with E-state index in [1.807, 2.05) is 17.8 Å². The normalized spacial score (nSPS) is 16.4. The van der Waals surface area contributed by atoms with Gasteiger partial charge in [0, 0.05) is 24.2 Å². The van der Waals surface area contributed by atoms with E-state index in [0.29, 0.717) is 0 Å². The maximum atomic E-state index is 9.24. The van der Waals surface area contributed by atoms with E-state index in [9.17, 15) is 5.26 Å². The van der Waals surface area contributed by atoms with Gasteiger partial charge in [0.2, 0.25) is 0 Å². The molecule has 17 heavy (non-hydrogen) atoms. The van der Waals surface area contributed by atoms with Crippen LogP contribution in [0.2, 0.25) is 0 Å². The largest absolute Gasteiger partial charge is 0.370 e. The highest BCUT2D eigenvalue weighted by Gasteiger charge is 2.13. The summed E-state index contributed by atoms with van der Waals surface area (Å²) in [7, 11) is 0. The third kappa shape index (κ3) is 3.17. The lowest BCUT2D eigenvalue weighted by atomic mass is 10.1. The zero-order valence-corrected chi connectivity index (χ0v) is 12.1. The van der Waals surface area contributed by atoms with Crippen molar-refractivity contribution < 1.29 is 0 Å². The first-order chi connectivity index (χ1) is 8.35. The van der Waals surface area contributed by atoms with Gasteiger partial charge in [-0.2, -0.15) is 17.0 Å². The number of halogens is 1. The predicted molar refractivity (Wildman–Crippen MR) is 77.9 cm³/mol. The lowest BCUT2D eigenvalue weighted by molar-refractivity contribution is 0.815. The van der Waals surface area contributed by atoms with Gasteiger partial charge in [-0.1, -0.05) is 22.0 Å². The van der Waals surface area contributed by atoms with E-state index >= 15 is 0 Å². The van der Waals surface area contributed by atoms with Gasteiger partial charge in [-0.3, -0.25) is 0 Å². The van der Waals surface area contributed by atoms with Gasteiger partial charge in [0.25, 0.3) is 0 Å². The lowest BCUT2D eigenvalue weighted by Crippen LogP contribution is -2.26. The second kappa shape index (κ2) is 6.32. The molecule has 1 saturated heterocycles. The van der Waals surface area contributed by atoms with Crippen molar-refractivity contribution in [2.75, 3.05) is 29.5 Å². The van der Waals surface area contributed by atoms with Gasteiger partial charge in [-0.15, -0.1) is 0 Å². The molecule has 0 bridgehead atoms. The molecule has 4 heteroatoms. The summed E-state index contributed by atoms with van der Waals surface area (Å²) in [5.74, 6) is 2.39. The molecule has 1 aliphatic heterocycles. The Bertz CT molecular complexity index is 420. The Morgan fingerprint density at radius 2 is 2.24 bits per heavy atom. The first kappa shape index (κ1) is 12.8. The van der Waals surface area contributed by atoms with Crippen LogP contribution in [0.15, 0.2) is 18.2 Å². The summed E-state index contributed by atoms with van der Waals surface area (Å²) in [6.07, 6.45) is 1.20. The third-order valence-electron chi connectivity index (χ3n) is 2.90. The van der Waals surface area contributed by atoms with E-state index in [2.05, 4.69) is 39.0 Å². The molecule has 0 aromatic heterocycles. The first-order valence-electron chi connectivity index (χ1n) is 5.77. The van der Waals surface area contributed by atoms with E-state index in [1.165, 1.54) is 12.2 Å². The predicted octanol–water partition coefficient (Wildman–Crippen LogP) is 3.40. The van der Waals surface area contributed by atoms with Gasteiger partial charge in [0.1, 0.15) is 6.07 Å². The zero-order chi connectivity index (χ0) is 12.1. The summed E-state index contributed by atoms with van der Waals surface area (Å²) in [5, 5.41) is 10.0. The van der Waals surface area contributed by atoms with Crippen molar-refractivity contribution in [1.29, 1.82) is 5.26 Å². The van der Waals surface area contributed by atoms with Crippen LogP contribution in [0.4, 0.5) is 5.69 Å². The van der Waals surface area contributed by atoms with Crippen LogP contribution in [0, 0.1) is 11.3 Å². The SMILES string of the molecule is N#Cc1cc(CBr)ccc1N1CCCSCC1. The summed E-state index contributed by atoms with van der Waals surface area (Å²) in [6.45, 7) is 2.11. The van der Waals surface area contributed by atoms with Gasteiger partial charge in [0.05, 0.1) is 11.3 Å². The molecule has 1 aromatic rings. The maximum absolute atomic E-state index is 9.24. The van der Waals surface area contributed by atoms with E-state index in [4.69, 9.17) is 0 Å². The van der Waals surface area contributed by atoms with Crippen LogP contribution in [-0.4, -0.2) is 24.6 Å². The number of rotatable bonds is 2. The fraction of sp³-hybridized carbons (Fsp3) is 0.462. The first-order valence-corrected chi connectivity index (χ1v) is 8.04. The van der Waals surface area contributed by atoms with Crippen molar-refractivity contribution in [2.45, 2.75) is 11.8 Å². The molecule has 0 atom stereocenters. The van der Waals surface area contributed by atoms with Crippen molar-refractivity contribution in [2.24, 2.45) is 0 Å². The lowest BCUT2D eigenvalue weighted by Gasteiger charge is -2.23. The molecule has 1 aliphatic rings. The fourth-order valence-electron chi connectivity index (χ4n) is 2.02. The number of anilines is 1. The number of hydrogen-bond donors (Lipinski definition) is 0. The van der Waals surface area contributed by atoms with Crippen molar-refractivity contribution in [3.8, 4) is 6.07 Å². The molecule has 0 radical (unpaired) electrons. The highest BCUT2D eigenvalue weighted by molar-refractivity contribution is 9.08. The Balaban J connectivity index is 2.27. The summed E-state index contributed by atoms with van der Waals surface area (Å²) >= 11 is 5.43. The molecule has 1 heterocycles. The van der Waals surface area contributed by atoms with Crippen LogP contribution in [0.1, 0.15) is 17.5 Å². The highest BCUT2D eigenvalue weighted by atomic mass is 79.9. The molecule has 0 unspecified atom stereocenters. The van der Waals surface area contributed by atoms with E-state index in [-0.39, 0.29) is 0 Å². The van der Waals surface area contributed by atoms with Crippen molar-refractivity contribution >= 4 is 33.4 Å². The summed E-state index contributed by atoms with van der Waals surface area (Å²) in [6, 6.07) is 8.50. The maximum Gasteiger partial charge on any atom is 0.101 e. The quantitative estimate of drug-likeness (QED) is 0.783. The van der Waals surface area contributed by atoms with E-state index in [0.717, 1.165) is 41.0 Å². The van der Waals surface area contributed by atoms with Crippen LogP contribution >= 0.6 is 27.7 Å². The van der Waals surface area contributed by atoms with Crippen molar-refractivity contribution in [1.82, 2.24) is 0 Å². The number of alkyl halides is 1. The fourth-order valence-corrected chi connectivity index (χ4v) is 3.25. The van der Waals surface area contributed by atoms with Crippen LogP contribution in [0.5, 0.6) is 0 Å². The third-order valence-corrected chi connectivity index (χ3v) is 4.59. The Kier molecular flexibility index (Phi) is 4.75. The van der Waals surface area contributed by atoms with E-state index in [1.54, 1.807) is 0 Å². The van der Waals surface area contributed by atoms with Gasteiger partial charge in [-0.05, 0) is 29.9 Å². The van der Waals surface area contributed by atoms with Crippen LogP contribution in [0.3, 0.4) is 0 Å². The van der Waals surface area contributed by atoms with E-state index < -0.39 is 0 Å². The molecule has 2 rings (SSSR count). The van der Waals surface area contributed by atoms with Gasteiger partial charge < -0.3 is 4.90 Å². The minimum absolute atomic E-state index is 0.800. The Hall–Kier alpha value is -0.660. The highest BCUT2D eigenvalue weighted by Crippen LogP contribution is 2.24. The summed E-state index contributed by atoms with van der Waals surface area (Å²) in [5.41, 5.74) is 3.06. The molecule has 0 amide bonds. The molecule has 1 aromatic carbocycles. The average molecular weight is 311 g/mol. The van der Waals surface area contributed by atoms with Gasteiger partial charge in [0.15, 0.2) is 0 Å². The smallest absolute Gasteiger partial charge is 0.101 e. The molecule has 0 spiro atoms. The molecule has 90 valence electrons. The van der Waals surface area contributed by atoms with Crippen molar-refractivity contribution in [3.05, 3.63) is 29.3 Å². The number of nitriles is 1. The molecule has 2 nitrogen and oxygen atoms in total. The minimum Gasteiger partial charge on any atom is -0.370 e. The Morgan fingerprint density at radius 3 is 3.00 bits per heavy atom. The molecular formula is C13H15BrN2S. The van der Waals surface area contributed by atoms with Crippen LogP contribution in [0.25, 0.3) is 0 Å². The topological polar surface area (TPSA) is 27.0 Å². The Labute approximate surface area is 115 Å². The zero-order valence-electron chi connectivity index (χ0n) is 9.66. The molecule has 0 aliphatic carbocycles.